The molecule has 5 nitrogen and oxygen atoms in total. The maximum atomic E-state index is 5.78. The monoisotopic (exact) mass is 503 g/mol. The van der Waals surface area contributed by atoms with E-state index in [0.29, 0.717) is 6.61 Å². The van der Waals surface area contributed by atoms with Crippen molar-refractivity contribution in [3.05, 3.63) is 115 Å². The molecule has 4 aromatic carbocycles. The third-order valence-corrected chi connectivity index (χ3v) is 6.14. The van der Waals surface area contributed by atoms with Gasteiger partial charge in [0, 0.05) is 17.3 Å². The number of hydrogen-bond donors (Lipinski definition) is 0. The van der Waals surface area contributed by atoms with Crippen LogP contribution in [-0.2, 0) is 0 Å². The lowest BCUT2D eigenvalue weighted by Gasteiger charge is -2.10. The molecule has 1 aromatic heterocycles. The zero-order valence-electron chi connectivity index (χ0n) is 21.5. The Hall–Kier alpha value is -4.77. The summed E-state index contributed by atoms with van der Waals surface area (Å²) in [6.07, 6.45) is 1.89. The molecule has 5 rings (SSSR count). The highest BCUT2D eigenvalue weighted by molar-refractivity contribution is 5.68. The van der Waals surface area contributed by atoms with Crippen LogP contribution in [0.2, 0.25) is 0 Å². The Labute approximate surface area is 223 Å². The van der Waals surface area contributed by atoms with Gasteiger partial charge in [0.15, 0.2) is 0 Å². The van der Waals surface area contributed by atoms with Crippen molar-refractivity contribution in [2.45, 2.75) is 6.92 Å². The van der Waals surface area contributed by atoms with Crippen LogP contribution in [0.4, 0.5) is 0 Å². The van der Waals surface area contributed by atoms with Crippen LogP contribution in [0.15, 0.2) is 115 Å². The molecule has 0 aliphatic heterocycles. The Morgan fingerprint density at radius 3 is 1.34 bits per heavy atom. The van der Waals surface area contributed by atoms with Gasteiger partial charge in [0.2, 0.25) is 6.79 Å². The second-order valence-corrected chi connectivity index (χ2v) is 8.57. The molecule has 5 aromatic rings. The predicted molar refractivity (Wildman–Crippen MR) is 151 cm³/mol. The normalized spacial score (nSPS) is 10.6. The molecule has 0 atom stereocenters. The molecular formula is C33H29NO4. The van der Waals surface area contributed by atoms with Crippen LogP contribution in [0.1, 0.15) is 6.92 Å². The van der Waals surface area contributed by atoms with Gasteiger partial charge in [0.1, 0.15) is 23.0 Å². The van der Waals surface area contributed by atoms with E-state index in [2.05, 4.69) is 23.2 Å². The molecule has 38 heavy (non-hydrogen) atoms. The number of benzene rings is 4. The molecule has 5 heteroatoms. The van der Waals surface area contributed by atoms with Crippen molar-refractivity contribution in [2.75, 3.05) is 20.5 Å². The summed E-state index contributed by atoms with van der Waals surface area (Å²) in [4.78, 5) is 4.64. The summed E-state index contributed by atoms with van der Waals surface area (Å²) in [5.74, 6) is 3.19. The van der Waals surface area contributed by atoms with Gasteiger partial charge < -0.3 is 18.9 Å². The fourth-order valence-corrected chi connectivity index (χ4v) is 4.06. The van der Waals surface area contributed by atoms with Crippen molar-refractivity contribution in [2.24, 2.45) is 0 Å². The molecule has 0 amide bonds. The summed E-state index contributed by atoms with van der Waals surface area (Å²) in [5.41, 5.74) is 6.31. The van der Waals surface area contributed by atoms with E-state index in [4.69, 9.17) is 18.9 Å². The summed E-state index contributed by atoms with van der Waals surface area (Å²) >= 11 is 0. The first-order valence-corrected chi connectivity index (χ1v) is 12.5. The van der Waals surface area contributed by atoms with E-state index in [1.165, 1.54) is 0 Å². The van der Waals surface area contributed by atoms with Crippen LogP contribution in [-0.4, -0.2) is 25.5 Å². The van der Waals surface area contributed by atoms with Crippen LogP contribution < -0.4 is 18.9 Å². The molecular weight excluding hydrogens is 474 g/mol. The molecule has 190 valence electrons. The molecule has 0 aliphatic carbocycles. The second kappa shape index (κ2) is 12.0. The van der Waals surface area contributed by atoms with E-state index in [9.17, 15) is 0 Å². The number of pyridine rings is 1. The highest BCUT2D eigenvalue weighted by Gasteiger charge is 2.04. The molecule has 1 heterocycles. The number of nitrogens with zero attached hydrogens (tertiary/aromatic N) is 1. The first-order valence-electron chi connectivity index (χ1n) is 12.5. The lowest BCUT2D eigenvalue weighted by Crippen LogP contribution is -2.05. The first-order chi connectivity index (χ1) is 18.7. The Kier molecular flexibility index (Phi) is 7.85. The Balaban J connectivity index is 1.13. The number of hydrogen-bond acceptors (Lipinski definition) is 5. The molecule has 0 radical (unpaired) electrons. The SMILES string of the molecule is CCOc1ccc(-c2ccc(OCOc3ccc(-c4ccc(-c5ccc(OC)cc5)cn4)cc3)cc2)cc1. The van der Waals surface area contributed by atoms with Crippen molar-refractivity contribution in [1.29, 1.82) is 0 Å². The van der Waals surface area contributed by atoms with Gasteiger partial charge in [-0.2, -0.15) is 0 Å². The lowest BCUT2D eigenvalue weighted by atomic mass is 10.1. The molecule has 0 unspecified atom stereocenters. The van der Waals surface area contributed by atoms with E-state index in [-0.39, 0.29) is 6.79 Å². The van der Waals surface area contributed by atoms with E-state index in [0.717, 1.165) is 56.5 Å². The fourth-order valence-electron chi connectivity index (χ4n) is 4.06. The minimum absolute atomic E-state index is 0.122. The van der Waals surface area contributed by atoms with Gasteiger partial charge >= 0.3 is 0 Å². The largest absolute Gasteiger partial charge is 0.497 e. The molecule has 0 bridgehead atoms. The molecule has 0 aliphatic rings. The topological polar surface area (TPSA) is 49.8 Å². The van der Waals surface area contributed by atoms with E-state index < -0.39 is 0 Å². The summed E-state index contributed by atoms with van der Waals surface area (Å²) in [5, 5.41) is 0. The number of methoxy groups -OCH3 is 1. The van der Waals surface area contributed by atoms with Crippen LogP contribution in [0.5, 0.6) is 23.0 Å². The van der Waals surface area contributed by atoms with Crippen LogP contribution in [0.3, 0.4) is 0 Å². The maximum absolute atomic E-state index is 5.78. The smallest absolute Gasteiger partial charge is 0.230 e. The van der Waals surface area contributed by atoms with E-state index in [1.807, 2.05) is 104 Å². The Morgan fingerprint density at radius 1 is 0.474 bits per heavy atom. The molecule has 0 N–H and O–H groups in total. The van der Waals surface area contributed by atoms with E-state index >= 15 is 0 Å². The third kappa shape index (κ3) is 6.13. The minimum Gasteiger partial charge on any atom is -0.497 e. The maximum Gasteiger partial charge on any atom is 0.230 e. The van der Waals surface area contributed by atoms with Gasteiger partial charge in [-0.15, -0.1) is 0 Å². The van der Waals surface area contributed by atoms with Crippen molar-refractivity contribution in [1.82, 2.24) is 4.98 Å². The van der Waals surface area contributed by atoms with Crippen LogP contribution in [0, 0.1) is 0 Å². The van der Waals surface area contributed by atoms with Gasteiger partial charge in [0.05, 0.1) is 19.4 Å². The summed E-state index contributed by atoms with van der Waals surface area (Å²) < 4.78 is 22.3. The molecule has 0 saturated carbocycles. The highest BCUT2D eigenvalue weighted by Crippen LogP contribution is 2.27. The predicted octanol–water partition coefficient (Wildman–Crippen LogP) is 7.91. The molecule has 0 spiro atoms. The second-order valence-electron chi connectivity index (χ2n) is 8.57. The van der Waals surface area contributed by atoms with Crippen molar-refractivity contribution in [3.63, 3.8) is 0 Å². The van der Waals surface area contributed by atoms with Crippen LogP contribution in [0.25, 0.3) is 33.5 Å². The summed E-state index contributed by atoms with van der Waals surface area (Å²) in [6, 6.07) is 35.9. The van der Waals surface area contributed by atoms with Crippen molar-refractivity contribution in [3.8, 4) is 56.5 Å². The van der Waals surface area contributed by atoms with Crippen molar-refractivity contribution >= 4 is 0 Å². The van der Waals surface area contributed by atoms with Gasteiger partial charge in [0.25, 0.3) is 0 Å². The Morgan fingerprint density at radius 2 is 0.895 bits per heavy atom. The number of ether oxygens (including phenoxy) is 4. The average Bonchev–Trinajstić information content (AvgIpc) is 2.99. The molecule has 0 saturated heterocycles. The fraction of sp³-hybridized carbons (Fsp3) is 0.121. The highest BCUT2D eigenvalue weighted by atomic mass is 16.7. The quantitative estimate of drug-likeness (QED) is 0.181. The van der Waals surface area contributed by atoms with Gasteiger partial charge in [-0.1, -0.05) is 42.5 Å². The van der Waals surface area contributed by atoms with E-state index in [1.54, 1.807) is 7.11 Å². The van der Waals surface area contributed by atoms with Crippen LogP contribution >= 0.6 is 0 Å². The number of aromatic nitrogens is 1. The van der Waals surface area contributed by atoms with Gasteiger partial charge in [-0.25, -0.2) is 0 Å². The standard InChI is InChI=1S/C33H29NO4/c1-3-36-30-15-6-24(7-16-30)25-8-17-31(18-9-25)37-23-38-32-19-10-27(11-20-32)33-21-12-28(22-34-33)26-4-13-29(35-2)14-5-26/h4-22H,3,23H2,1-2H3. The molecule has 0 fully saturated rings. The summed E-state index contributed by atoms with van der Waals surface area (Å²) in [6.45, 7) is 2.76. The van der Waals surface area contributed by atoms with Gasteiger partial charge in [-0.3, -0.25) is 4.98 Å². The Bertz CT molecular complexity index is 1430. The van der Waals surface area contributed by atoms with Crippen molar-refractivity contribution < 1.29 is 18.9 Å². The zero-order chi connectivity index (χ0) is 26.2. The number of rotatable bonds is 10. The first kappa shape index (κ1) is 24.9. The lowest BCUT2D eigenvalue weighted by molar-refractivity contribution is 0.120. The van der Waals surface area contributed by atoms with Gasteiger partial charge in [-0.05, 0) is 90.3 Å². The third-order valence-electron chi connectivity index (χ3n) is 6.14. The average molecular weight is 504 g/mol. The summed E-state index contributed by atoms with van der Waals surface area (Å²) in [7, 11) is 1.67. The zero-order valence-corrected chi connectivity index (χ0v) is 21.5. The minimum atomic E-state index is 0.122.